The zero-order chi connectivity index (χ0) is 17.6. The zero-order valence-electron chi connectivity index (χ0n) is 12.7. The predicted octanol–water partition coefficient (Wildman–Crippen LogP) is 1.54. The van der Waals surface area contributed by atoms with Crippen LogP contribution in [0.2, 0.25) is 5.02 Å². The van der Waals surface area contributed by atoms with E-state index in [-0.39, 0.29) is 16.6 Å². The van der Waals surface area contributed by atoms with Gasteiger partial charge >= 0.3 is 0 Å². The monoisotopic (exact) mass is 366 g/mol. The summed E-state index contributed by atoms with van der Waals surface area (Å²) in [6.07, 6.45) is 2.46. The molecule has 0 saturated heterocycles. The molecule has 0 radical (unpaired) electrons. The van der Waals surface area contributed by atoms with Gasteiger partial charge in [0.25, 0.3) is 0 Å². The quantitative estimate of drug-likeness (QED) is 0.382. The first kappa shape index (κ1) is 16.9. The normalized spacial score (nSPS) is 11.7. The van der Waals surface area contributed by atoms with Gasteiger partial charge in [-0.15, -0.1) is 10.2 Å². The molecule has 3 aromatic rings. The molecule has 0 atom stereocenters. The molecule has 0 aliphatic carbocycles. The number of amidine groups is 1. The molecule has 1 aromatic carbocycles. The molecule has 25 heavy (non-hydrogen) atoms. The minimum Gasteiger partial charge on any atom is -0.290 e. The van der Waals surface area contributed by atoms with Crippen molar-refractivity contribution in [3.05, 3.63) is 46.8 Å². The van der Waals surface area contributed by atoms with Gasteiger partial charge in [0, 0.05) is 0 Å². The number of aromatic nitrogens is 6. The first-order chi connectivity index (χ1) is 12.2. The number of nitrogens with one attached hydrogen (secondary N) is 1. The molecule has 0 fully saturated rings. The van der Waals surface area contributed by atoms with E-state index < -0.39 is 5.82 Å². The van der Waals surface area contributed by atoms with Gasteiger partial charge in [0.15, 0.2) is 17.9 Å². The molecule has 0 aliphatic rings. The summed E-state index contributed by atoms with van der Waals surface area (Å²) in [6.45, 7) is 0.527. The van der Waals surface area contributed by atoms with Crippen LogP contribution in [0.5, 0.6) is 0 Å². The minimum atomic E-state index is -0.565. The number of tetrazole rings is 1. The number of hydrogen-bond donors (Lipinski definition) is 2. The van der Waals surface area contributed by atoms with Crippen LogP contribution in [0.25, 0.3) is 0 Å². The summed E-state index contributed by atoms with van der Waals surface area (Å²) in [7, 11) is 0. The van der Waals surface area contributed by atoms with Crippen LogP contribution in [0, 0.1) is 5.82 Å². The second-order valence-corrected chi connectivity index (χ2v) is 5.27. The van der Waals surface area contributed by atoms with Gasteiger partial charge in [-0.3, -0.25) is 10.7 Å². The van der Waals surface area contributed by atoms with Crippen molar-refractivity contribution < 1.29 is 14.2 Å². The van der Waals surface area contributed by atoms with E-state index in [1.165, 1.54) is 29.3 Å². The fraction of sp³-hybridized carbons (Fsp3) is 0.231. The highest BCUT2D eigenvalue weighted by Gasteiger charge is 2.16. The maximum atomic E-state index is 13.2. The number of halogens is 2. The Hall–Kier alpha value is -2.92. The molecule has 2 heterocycles. The maximum absolute atomic E-state index is 13.2. The highest BCUT2D eigenvalue weighted by atomic mass is 35.5. The van der Waals surface area contributed by atoms with Crippen molar-refractivity contribution in [2.75, 3.05) is 0 Å². The number of benzene rings is 1. The fourth-order valence-electron chi connectivity index (χ4n) is 2.04. The summed E-state index contributed by atoms with van der Waals surface area (Å²) in [6, 6.07) is 3.89. The molecule has 0 bridgehead atoms. The summed E-state index contributed by atoms with van der Waals surface area (Å²) >= 11 is 5.72. The Morgan fingerprint density at radius 2 is 2.28 bits per heavy atom. The lowest BCUT2D eigenvalue weighted by Gasteiger charge is -2.04. The molecule has 0 saturated carbocycles. The Balaban J connectivity index is 1.75. The molecule has 0 unspecified atom stereocenters. The van der Waals surface area contributed by atoms with Crippen LogP contribution >= 0.6 is 11.6 Å². The molecular formula is C13H12ClFN8O2. The first-order valence-corrected chi connectivity index (χ1v) is 7.51. The third-order valence-corrected chi connectivity index (χ3v) is 3.48. The highest BCUT2D eigenvalue weighted by molar-refractivity contribution is 6.31. The van der Waals surface area contributed by atoms with E-state index in [4.69, 9.17) is 16.2 Å². The summed E-state index contributed by atoms with van der Waals surface area (Å²) in [5, 5.41) is 28.1. The number of hydroxylamine groups is 1. The van der Waals surface area contributed by atoms with Crippen LogP contribution in [0.4, 0.5) is 10.1 Å². The van der Waals surface area contributed by atoms with Gasteiger partial charge in [0.1, 0.15) is 11.5 Å². The number of hydrogen-bond acceptors (Lipinski definition) is 8. The number of nitrogens with zero attached hydrogens (tertiary/aromatic N) is 7. The van der Waals surface area contributed by atoms with Gasteiger partial charge < -0.3 is 0 Å². The van der Waals surface area contributed by atoms with E-state index in [0.29, 0.717) is 30.8 Å². The van der Waals surface area contributed by atoms with E-state index in [0.717, 1.165) is 0 Å². The molecule has 12 heteroatoms. The largest absolute Gasteiger partial charge is 0.290 e. The average molecular weight is 367 g/mol. The number of rotatable bonds is 6. The van der Waals surface area contributed by atoms with Gasteiger partial charge in [-0.2, -0.15) is 4.80 Å². The Bertz CT molecular complexity index is 867. The predicted molar refractivity (Wildman–Crippen MR) is 83.0 cm³/mol. The number of aliphatic imine (C=N–C) groups is 1. The van der Waals surface area contributed by atoms with Crippen molar-refractivity contribution in [1.82, 2.24) is 36.0 Å². The molecule has 10 nitrogen and oxygen atoms in total. The van der Waals surface area contributed by atoms with Gasteiger partial charge in [0.2, 0.25) is 0 Å². The Kier molecular flexibility index (Phi) is 5.26. The van der Waals surface area contributed by atoms with Crippen molar-refractivity contribution >= 4 is 23.1 Å². The van der Waals surface area contributed by atoms with E-state index >= 15 is 0 Å². The van der Waals surface area contributed by atoms with Crippen LogP contribution in [0.1, 0.15) is 17.8 Å². The molecule has 3 rings (SSSR count). The second-order valence-electron chi connectivity index (χ2n) is 4.87. The third-order valence-electron chi connectivity index (χ3n) is 3.19. The molecule has 0 aliphatic heterocycles. The van der Waals surface area contributed by atoms with Gasteiger partial charge in [-0.05, 0) is 41.4 Å². The Morgan fingerprint density at radius 3 is 3.00 bits per heavy atom. The molecular weight excluding hydrogens is 355 g/mol. The van der Waals surface area contributed by atoms with Gasteiger partial charge in [-0.25, -0.2) is 14.0 Å². The molecule has 2 N–H and O–H groups in total. The highest BCUT2D eigenvalue weighted by Crippen LogP contribution is 2.22. The van der Waals surface area contributed by atoms with Crippen molar-refractivity contribution in [3.63, 3.8) is 0 Å². The lowest BCUT2D eigenvalue weighted by atomic mass is 10.2. The topological polar surface area (TPSA) is 127 Å². The zero-order valence-corrected chi connectivity index (χ0v) is 13.4. The standard InChI is InChI=1S/C13H12ClFN8O2/c14-9-6-8(3-4-10(9)15)18-13(19-24)12-11(20-25-21-12)2-1-5-23-17-7-16-22-23/h3-4,6-7,24H,1-2,5H2,(H,18,19). The van der Waals surface area contributed by atoms with Crippen LogP contribution in [-0.2, 0) is 13.0 Å². The smallest absolute Gasteiger partial charge is 0.181 e. The summed E-state index contributed by atoms with van der Waals surface area (Å²) in [4.78, 5) is 5.58. The second kappa shape index (κ2) is 7.77. The third kappa shape index (κ3) is 4.14. The SMILES string of the molecule is ONC(=Nc1ccc(F)c(Cl)c1)c1nonc1CCCn1ncnn1. The number of aryl methyl sites for hydroxylation is 2. The van der Waals surface area contributed by atoms with E-state index in [1.807, 2.05) is 5.48 Å². The van der Waals surface area contributed by atoms with Gasteiger partial charge in [-0.1, -0.05) is 16.8 Å². The van der Waals surface area contributed by atoms with Crippen molar-refractivity contribution in [2.24, 2.45) is 4.99 Å². The molecule has 0 spiro atoms. The average Bonchev–Trinajstić information content (AvgIpc) is 3.28. The minimum absolute atomic E-state index is 0.00203. The fourth-order valence-corrected chi connectivity index (χ4v) is 2.22. The van der Waals surface area contributed by atoms with Crippen LogP contribution in [-0.4, -0.2) is 41.6 Å². The van der Waals surface area contributed by atoms with E-state index in [2.05, 4.69) is 30.7 Å². The van der Waals surface area contributed by atoms with E-state index in [1.54, 1.807) is 0 Å². The lowest BCUT2D eigenvalue weighted by Crippen LogP contribution is -2.22. The van der Waals surface area contributed by atoms with Crippen molar-refractivity contribution in [2.45, 2.75) is 19.4 Å². The lowest BCUT2D eigenvalue weighted by molar-refractivity contribution is 0.234. The Labute approximate surface area is 145 Å². The van der Waals surface area contributed by atoms with Gasteiger partial charge in [0.05, 0.1) is 17.3 Å². The summed E-state index contributed by atoms with van der Waals surface area (Å²) in [5.74, 6) is -0.567. The van der Waals surface area contributed by atoms with Crippen molar-refractivity contribution in [1.29, 1.82) is 0 Å². The molecule has 130 valence electrons. The van der Waals surface area contributed by atoms with Crippen LogP contribution in [0.15, 0.2) is 34.1 Å². The first-order valence-electron chi connectivity index (χ1n) is 7.14. The van der Waals surface area contributed by atoms with Crippen molar-refractivity contribution in [3.8, 4) is 0 Å². The molecule has 0 amide bonds. The molecule has 2 aromatic heterocycles. The summed E-state index contributed by atoms with van der Waals surface area (Å²) in [5.41, 5.74) is 2.98. The Morgan fingerprint density at radius 1 is 1.40 bits per heavy atom. The van der Waals surface area contributed by atoms with E-state index in [9.17, 15) is 9.60 Å². The summed E-state index contributed by atoms with van der Waals surface area (Å²) < 4.78 is 17.9. The maximum Gasteiger partial charge on any atom is 0.181 e. The van der Waals surface area contributed by atoms with Crippen LogP contribution < -0.4 is 5.48 Å². The van der Waals surface area contributed by atoms with Crippen LogP contribution in [0.3, 0.4) is 0 Å².